The van der Waals surface area contributed by atoms with Crippen LogP contribution in [0.25, 0.3) is 0 Å². The van der Waals surface area contributed by atoms with Gasteiger partial charge in [-0.05, 0) is 49.2 Å². The van der Waals surface area contributed by atoms with Crippen LogP contribution in [0.2, 0.25) is 0 Å². The van der Waals surface area contributed by atoms with Gasteiger partial charge < -0.3 is 10.6 Å². The minimum Gasteiger partial charge on any atom is -0.345 e. The summed E-state index contributed by atoms with van der Waals surface area (Å²) in [5, 5.41) is 6.56. The Morgan fingerprint density at radius 3 is 2.26 bits per heavy atom. The van der Waals surface area contributed by atoms with Crippen molar-refractivity contribution in [2.24, 2.45) is 5.92 Å². The number of nitrogens with one attached hydrogen (secondary N) is 2. The van der Waals surface area contributed by atoms with E-state index in [0.29, 0.717) is 0 Å². The van der Waals surface area contributed by atoms with Crippen molar-refractivity contribution < 1.29 is 4.79 Å². The monoisotopic (exact) mass is 372 g/mol. The largest absolute Gasteiger partial charge is 0.345 e. The highest BCUT2D eigenvalue weighted by Crippen LogP contribution is 2.25. The van der Waals surface area contributed by atoms with Crippen molar-refractivity contribution in [3.05, 3.63) is 70.2 Å². The molecule has 0 aliphatic carbocycles. The van der Waals surface area contributed by atoms with Gasteiger partial charge in [-0.3, -0.25) is 4.79 Å². The van der Waals surface area contributed by atoms with Crippen molar-refractivity contribution in [1.29, 1.82) is 0 Å². The summed E-state index contributed by atoms with van der Waals surface area (Å²) in [6.45, 7) is 1.85. The summed E-state index contributed by atoms with van der Waals surface area (Å²) in [5.74, 6) is 0.265. The number of carbonyl (C=O) groups is 1. The maximum Gasteiger partial charge on any atom is 0.223 e. The molecule has 1 aliphatic heterocycles. The summed E-state index contributed by atoms with van der Waals surface area (Å²) in [6.07, 6.45) is 1.82. The predicted molar refractivity (Wildman–Crippen MR) is 96.2 cm³/mol. The smallest absolute Gasteiger partial charge is 0.223 e. The molecule has 0 radical (unpaired) electrons. The minimum atomic E-state index is -0.105. The molecule has 1 fully saturated rings. The van der Waals surface area contributed by atoms with Crippen molar-refractivity contribution in [3.8, 4) is 0 Å². The molecule has 2 N–H and O–H groups in total. The second-order valence-corrected chi connectivity index (χ2v) is 6.84. The van der Waals surface area contributed by atoms with Gasteiger partial charge in [0.15, 0.2) is 0 Å². The number of rotatable bonds is 4. The van der Waals surface area contributed by atoms with E-state index in [2.05, 4.69) is 50.8 Å². The van der Waals surface area contributed by atoms with Crippen LogP contribution in [0.15, 0.2) is 59.1 Å². The average molecular weight is 373 g/mol. The Morgan fingerprint density at radius 1 is 1.00 bits per heavy atom. The van der Waals surface area contributed by atoms with Crippen LogP contribution in [0.1, 0.15) is 30.0 Å². The molecule has 1 saturated heterocycles. The van der Waals surface area contributed by atoms with E-state index >= 15 is 0 Å². The van der Waals surface area contributed by atoms with Crippen LogP contribution in [-0.2, 0) is 4.79 Å². The molecule has 0 bridgehead atoms. The third-order valence-corrected chi connectivity index (χ3v) is 4.86. The summed E-state index contributed by atoms with van der Waals surface area (Å²) in [7, 11) is 0. The maximum absolute atomic E-state index is 12.7. The first-order valence-corrected chi connectivity index (χ1v) is 8.85. The molecule has 2 aromatic rings. The second-order valence-electron chi connectivity index (χ2n) is 5.93. The molecule has 1 amide bonds. The number of halogens is 1. The first-order chi connectivity index (χ1) is 11.2. The molecule has 4 heteroatoms. The molecular formula is C19H21BrN2O. The van der Waals surface area contributed by atoms with E-state index in [1.807, 2.05) is 30.3 Å². The van der Waals surface area contributed by atoms with Crippen LogP contribution in [0.3, 0.4) is 0 Å². The van der Waals surface area contributed by atoms with Crippen molar-refractivity contribution in [2.45, 2.75) is 18.9 Å². The lowest BCUT2D eigenvalue weighted by molar-refractivity contribution is -0.126. The Morgan fingerprint density at radius 2 is 1.61 bits per heavy atom. The summed E-state index contributed by atoms with van der Waals surface area (Å²) in [4.78, 5) is 12.7. The summed E-state index contributed by atoms with van der Waals surface area (Å²) in [5.41, 5.74) is 2.21. The molecule has 1 heterocycles. The first-order valence-electron chi connectivity index (χ1n) is 8.05. The lowest BCUT2D eigenvalue weighted by Gasteiger charge is -2.26. The molecule has 0 saturated carbocycles. The van der Waals surface area contributed by atoms with Gasteiger partial charge in [0.05, 0.1) is 6.04 Å². The number of hydrogen-bond acceptors (Lipinski definition) is 2. The molecule has 3 nitrogen and oxygen atoms in total. The molecule has 120 valence electrons. The van der Waals surface area contributed by atoms with E-state index in [1.165, 1.54) is 0 Å². The van der Waals surface area contributed by atoms with E-state index in [4.69, 9.17) is 0 Å². The van der Waals surface area contributed by atoms with Crippen molar-refractivity contribution >= 4 is 21.8 Å². The summed E-state index contributed by atoms with van der Waals surface area (Å²) in [6, 6.07) is 18.2. The fourth-order valence-corrected chi connectivity index (χ4v) is 3.27. The van der Waals surface area contributed by atoms with Gasteiger partial charge >= 0.3 is 0 Å². The van der Waals surface area contributed by atoms with Gasteiger partial charge in [-0.15, -0.1) is 0 Å². The minimum absolute atomic E-state index is 0.105. The van der Waals surface area contributed by atoms with Gasteiger partial charge in [0, 0.05) is 10.4 Å². The lowest BCUT2D eigenvalue weighted by atomic mass is 9.94. The zero-order valence-electron chi connectivity index (χ0n) is 13.0. The third kappa shape index (κ3) is 4.21. The Kier molecular flexibility index (Phi) is 5.47. The Bertz CT molecular complexity index is 636. The van der Waals surface area contributed by atoms with Crippen LogP contribution in [-0.4, -0.2) is 19.0 Å². The number of amides is 1. The van der Waals surface area contributed by atoms with Crippen molar-refractivity contribution in [1.82, 2.24) is 10.6 Å². The Hall–Kier alpha value is -1.65. The van der Waals surface area contributed by atoms with Crippen LogP contribution in [0, 0.1) is 5.92 Å². The highest BCUT2D eigenvalue weighted by molar-refractivity contribution is 9.10. The van der Waals surface area contributed by atoms with E-state index in [-0.39, 0.29) is 17.9 Å². The Labute approximate surface area is 145 Å². The van der Waals surface area contributed by atoms with E-state index in [0.717, 1.165) is 41.5 Å². The highest BCUT2D eigenvalue weighted by atomic mass is 79.9. The molecule has 0 aromatic heterocycles. The summed E-state index contributed by atoms with van der Waals surface area (Å²) < 4.78 is 1.04. The predicted octanol–water partition coefficient (Wildman–Crippen LogP) is 3.65. The molecule has 1 atom stereocenters. The molecule has 1 unspecified atom stereocenters. The molecule has 23 heavy (non-hydrogen) atoms. The first kappa shape index (κ1) is 16.2. The molecule has 0 spiro atoms. The topological polar surface area (TPSA) is 41.1 Å². The van der Waals surface area contributed by atoms with Gasteiger partial charge in [-0.1, -0.05) is 58.4 Å². The molecule has 3 rings (SSSR count). The fraction of sp³-hybridized carbons (Fsp3) is 0.316. The van der Waals surface area contributed by atoms with Crippen LogP contribution in [0.4, 0.5) is 0 Å². The van der Waals surface area contributed by atoms with Crippen LogP contribution in [0.5, 0.6) is 0 Å². The van der Waals surface area contributed by atoms with Crippen molar-refractivity contribution in [3.63, 3.8) is 0 Å². The number of hydrogen-bond donors (Lipinski definition) is 2. The highest BCUT2D eigenvalue weighted by Gasteiger charge is 2.24. The third-order valence-electron chi connectivity index (χ3n) is 4.33. The number of benzene rings is 2. The van der Waals surface area contributed by atoms with Crippen molar-refractivity contribution in [2.75, 3.05) is 13.1 Å². The SMILES string of the molecule is O=C(NC(c1ccccc1)c1ccc(Br)cc1)C1CCNCC1. The standard InChI is InChI=1S/C19H21BrN2O/c20-17-8-6-15(7-9-17)18(14-4-2-1-3-5-14)22-19(23)16-10-12-21-13-11-16/h1-9,16,18,21H,10-13H2,(H,22,23). The zero-order valence-corrected chi connectivity index (χ0v) is 14.6. The lowest BCUT2D eigenvalue weighted by Crippen LogP contribution is -2.40. The maximum atomic E-state index is 12.7. The van der Waals surface area contributed by atoms with E-state index in [1.54, 1.807) is 0 Å². The zero-order chi connectivity index (χ0) is 16.1. The second kappa shape index (κ2) is 7.75. The Balaban J connectivity index is 1.83. The van der Waals surface area contributed by atoms with Gasteiger partial charge in [-0.2, -0.15) is 0 Å². The molecule has 2 aromatic carbocycles. The normalized spacial score (nSPS) is 16.7. The van der Waals surface area contributed by atoms with E-state index < -0.39 is 0 Å². The van der Waals surface area contributed by atoms with Gasteiger partial charge in [0.1, 0.15) is 0 Å². The van der Waals surface area contributed by atoms with Crippen LogP contribution >= 0.6 is 15.9 Å². The number of piperidine rings is 1. The molecule has 1 aliphatic rings. The average Bonchev–Trinajstić information content (AvgIpc) is 2.62. The molecular weight excluding hydrogens is 352 g/mol. The summed E-state index contributed by atoms with van der Waals surface area (Å²) >= 11 is 3.47. The van der Waals surface area contributed by atoms with E-state index in [9.17, 15) is 4.79 Å². The number of carbonyl (C=O) groups excluding carboxylic acids is 1. The van der Waals surface area contributed by atoms with Gasteiger partial charge in [0.2, 0.25) is 5.91 Å². The van der Waals surface area contributed by atoms with Gasteiger partial charge in [-0.25, -0.2) is 0 Å². The van der Waals surface area contributed by atoms with Crippen LogP contribution < -0.4 is 10.6 Å². The van der Waals surface area contributed by atoms with Gasteiger partial charge in [0.25, 0.3) is 0 Å². The fourth-order valence-electron chi connectivity index (χ4n) is 3.00. The quantitative estimate of drug-likeness (QED) is 0.859.